The summed E-state index contributed by atoms with van der Waals surface area (Å²) in [5, 5.41) is 0. The standard InChI is InChI=1S/C17H9BrF3NOS2/c18-12-5-1-3-10(7-12)8-14-15(23)22(16(24)25-14)13-6-2-4-11(9-13)17(19,20)21/h1-9H. The molecule has 1 aliphatic rings. The predicted molar refractivity (Wildman–Crippen MR) is 101 cm³/mol. The average Bonchev–Trinajstić information content (AvgIpc) is 2.81. The summed E-state index contributed by atoms with van der Waals surface area (Å²) < 4.78 is 39.7. The molecule has 0 saturated carbocycles. The van der Waals surface area contributed by atoms with Crippen LogP contribution in [0.2, 0.25) is 0 Å². The maximum atomic E-state index is 12.9. The first kappa shape index (κ1) is 18.2. The van der Waals surface area contributed by atoms with Gasteiger partial charge in [-0.05, 0) is 42.0 Å². The summed E-state index contributed by atoms with van der Waals surface area (Å²) in [6, 6.07) is 11.9. The van der Waals surface area contributed by atoms with Gasteiger partial charge in [0.05, 0.1) is 16.2 Å². The Hall–Kier alpha value is -1.64. The number of hydrogen-bond acceptors (Lipinski definition) is 3. The Morgan fingerprint density at radius 2 is 1.84 bits per heavy atom. The third-order valence-corrected chi connectivity index (χ3v) is 5.17. The molecule has 1 saturated heterocycles. The van der Waals surface area contributed by atoms with E-state index in [0.29, 0.717) is 4.91 Å². The van der Waals surface area contributed by atoms with Crippen LogP contribution in [0.3, 0.4) is 0 Å². The smallest absolute Gasteiger partial charge is 0.268 e. The molecule has 0 radical (unpaired) electrons. The van der Waals surface area contributed by atoms with Gasteiger partial charge in [-0.3, -0.25) is 9.69 Å². The van der Waals surface area contributed by atoms with Gasteiger partial charge in [0.15, 0.2) is 4.32 Å². The number of amides is 1. The first-order valence-electron chi connectivity index (χ1n) is 6.96. The molecule has 25 heavy (non-hydrogen) atoms. The van der Waals surface area contributed by atoms with Crippen LogP contribution in [0.1, 0.15) is 11.1 Å². The van der Waals surface area contributed by atoms with Crippen LogP contribution in [0, 0.1) is 0 Å². The molecule has 0 N–H and O–H groups in total. The minimum absolute atomic E-state index is 0.106. The molecule has 2 nitrogen and oxygen atoms in total. The fourth-order valence-electron chi connectivity index (χ4n) is 2.26. The van der Waals surface area contributed by atoms with Crippen molar-refractivity contribution < 1.29 is 18.0 Å². The zero-order valence-electron chi connectivity index (χ0n) is 12.4. The zero-order chi connectivity index (χ0) is 18.2. The number of halogens is 4. The Kier molecular flexibility index (Phi) is 5.04. The van der Waals surface area contributed by atoms with Crippen molar-refractivity contribution in [1.82, 2.24) is 0 Å². The van der Waals surface area contributed by atoms with Crippen LogP contribution in [-0.4, -0.2) is 10.2 Å². The van der Waals surface area contributed by atoms with Gasteiger partial charge >= 0.3 is 6.18 Å². The van der Waals surface area contributed by atoms with E-state index >= 15 is 0 Å². The molecule has 0 aromatic heterocycles. The molecule has 1 aliphatic heterocycles. The van der Waals surface area contributed by atoms with Crippen molar-refractivity contribution in [3.05, 3.63) is 69.0 Å². The molecule has 1 amide bonds. The maximum absolute atomic E-state index is 12.9. The van der Waals surface area contributed by atoms with Crippen LogP contribution in [0.25, 0.3) is 6.08 Å². The van der Waals surface area contributed by atoms with Crippen molar-refractivity contribution in [1.29, 1.82) is 0 Å². The van der Waals surface area contributed by atoms with E-state index in [1.165, 1.54) is 12.1 Å². The fraction of sp³-hybridized carbons (Fsp3) is 0.0588. The van der Waals surface area contributed by atoms with Gasteiger partial charge in [0, 0.05) is 4.47 Å². The zero-order valence-corrected chi connectivity index (χ0v) is 15.6. The second-order valence-corrected chi connectivity index (χ2v) is 7.71. The van der Waals surface area contributed by atoms with Crippen molar-refractivity contribution in [2.75, 3.05) is 4.90 Å². The second kappa shape index (κ2) is 6.93. The van der Waals surface area contributed by atoms with Crippen molar-refractivity contribution >= 4 is 61.9 Å². The number of alkyl halides is 3. The molecule has 3 rings (SSSR count). The van der Waals surface area contributed by atoms with Gasteiger partial charge in [0.2, 0.25) is 0 Å². The van der Waals surface area contributed by atoms with Gasteiger partial charge in [-0.25, -0.2) is 0 Å². The highest BCUT2D eigenvalue weighted by molar-refractivity contribution is 9.10. The SMILES string of the molecule is O=C1C(=Cc2cccc(Br)c2)SC(=S)N1c1cccc(C(F)(F)F)c1. The van der Waals surface area contributed by atoms with Crippen LogP contribution in [0.15, 0.2) is 57.9 Å². The van der Waals surface area contributed by atoms with Gasteiger partial charge in [-0.15, -0.1) is 0 Å². The fourth-order valence-corrected chi connectivity index (χ4v) is 3.98. The lowest BCUT2D eigenvalue weighted by atomic mass is 10.1. The van der Waals surface area contributed by atoms with Crippen LogP contribution < -0.4 is 4.90 Å². The summed E-state index contributed by atoms with van der Waals surface area (Å²) in [6.45, 7) is 0. The van der Waals surface area contributed by atoms with E-state index in [2.05, 4.69) is 15.9 Å². The van der Waals surface area contributed by atoms with E-state index in [9.17, 15) is 18.0 Å². The molecule has 0 bridgehead atoms. The number of carbonyl (C=O) groups is 1. The molecule has 2 aromatic carbocycles. The molecule has 0 unspecified atom stereocenters. The summed E-state index contributed by atoms with van der Waals surface area (Å²) >= 11 is 9.60. The first-order valence-corrected chi connectivity index (χ1v) is 8.98. The van der Waals surface area contributed by atoms with E-state index < -0.39 is 17.6 Å². The number of rotatable bonds is 2. The van der Waals surface area contributed by atoms with Gasteiger partial charge in [-0.2, -0.15) is 13.2 Å². The summed E-state index contributed by atoms with van der Waals surface area (Å²) in [4.78, 5) is 14.1. The quantitative estimate of drug-likeness (QED) is 0.427. The Bertz CT molecular complexity index is 895. The first-order chi connectivity index (χ1) is 11.8. The monoisotopic (exact) mass is 443 g/mol. The van der Waals surface area contributed by atoms with Gasteiger partial charge < -0.3 is 0 Å². The van der Waals surface area contributed by atoms with Gasteiger partial charge in [-0.1, -0.05) is 58.1 Å². The Morgan fingerprint density at radius 1 is 1.12 bits per heavy atom. The highest BCUT2D eigenvalue weighted by Gasteiger charge is 2.36. The predicted octanol–water partition coefficient (Wildman–Crippen LogP) is 5.87. The van der Waals surface area contributed by atoms with Crippen LogP contribution in [-0.2, 0) is 11.0 Å². The van der Waals surface area contributed by atoms with Crippen LogP contribution in [0.5, 0.6) is 0 Å². The molecular weight excluding hydrogens is 435 g/mol. The van der Waals surface area contributed by atoms with Crippen LogP contribution in [0.4, 0.5) is 18.9 Å². The van der Waals surface area contributed by atoms with E-state index in [4.69, 9.17) is 12.2 Å². The lowest BCUT2D eigenvalue weighted by Gasteiger charge is -2.16. The number of hydrogen-bond donors (Lipinski definition) is 0. The summed E-state index contributed by atoms with van der Waals surface area (Å²) in [5.74, 6) is -0.436. The van der Waals surface area contributed by atoms with E-state index in [0.717, 1.165) is 38.8 Å². The number of benzene rings is 2. The largest absolute Gasteiger partial charge is 0.416 e. The second-order valence-electron chi connectivity index (χ2n) is 5.12. The van der Waals surface area contributed by atoms with E-state index in [1.807, 2.05) is 24.3 Å². The molecule has 1 fully saturated rings. The lowest BCUT2D eigenvalue weighted by Crippen LogP contribution is -2.27. The molecule has 2 aromatic rings. The summed E-state index contributed by atoms with van der Waals surface area (Å²) in [7, 11) is 0. The third kappa shape index (κ3) is 3.96. The van der Waals surface area contributed by atoms with Gasteiger partial charge in [0.1, 0.15) is 0 Å². The number of thiocarbonyl (C=S) groups is 1. The van der Waals surface area contributed by atoms with Crippen molar-refractivity contribution in [2.24, 2.45) is 0 Å². The lowest BCUT2D eigenvalue weighted by molar-refractivity contribution is -0.137. The Morgan fingerprint density at radius 3 is 2.52 bits per heavy atom. The third-order valence-electron chi connectivity index (χ3n) is 3.37. The van der Waals surface area contributed by atoms with Crippen molar-refractivity contribution in [3.63, 3.8) is 0 Å². The molecule has 0 aliphatic carbocycles. The topological polar surface area (TPSA) is 20.3 Å². The highest BCUT2D eigenvalue weighted by atomic mass is 79.9. The van der Waals surface area contributed by atoms with Crippen LogP contribution >= 0.6 is 39.9 Å². The van der Waals surface area contributed by atoms with Crippen molar-refractivity contribution in [3.8, 4) is 0 Å². The van der Waals surface area contributed by atoms with Crippen molar-refractivity contribution in [2.45, 2.75) is 6.18 Å². The van der Waals surface area contributed by atoms with E-state index in [1.54, 1.807) is 6.08 Å². The molecule has 8 heteroatoms. The molecular formula is C17H9BrF3NOS2. The number of carbonyl (C=O) groups excluding carboxylic acids is 1. The Balaban J connectivity index is 1.95. The highest BCUT2D eigenvalue weighted by Crippen LogP contribution is 2.38. The Labute approximate surface area is 159 Å². The molecule has 0 spiro atoms. The number of anilines is 1. The number of thioether (sulfide) groups is 1. The minimum atomic E-state index is -4.48. The normalized spacial score (nSPS) is 16.8. The molecule has 0 atom stereocenters. The molecule has 128 valence electrons. The van der Waals surface area contributed by atoms with Gasteiger partial charge in [0.25, 0.3) is 5.91 Å². The minimum Gasteiger partial charge on any atom is -0.268 e. The van der Waals surface area contributed by atoms with E-state index in [-0.39, 0.29) is 10.0 Å². The molecule has 1 heterocycles. The maximum Gasteiger partial charge on any atom is 0.416 e. The summed E-state index contributed by atoms with van der Waals surface area (Å²) in [5.41, 5.74) is 0.0731. The summed E-state index contributed by atoms with van der Waals surface area (Å²) in [6.07, 6.45) is -2.82. The number of nitrogens with zero attached hydrogens (tertiary/aromatic N) is 1. The average molecular weight is 444 g/mol.